The van der Waals surface area contributed by atoms with Gasteiger partial charge in [-0.3, -0.25) is 0 Å². The Morgan fingerprint density at radius 2 is 1.83 bits per heavy atom. The van der Waals surface area contributed by atoms with E-state index in [1.807, 2.05) is 0 Å². The van der Waals surface area contributed by atoms with Gasteiger partial charge >= 0.3 is 0 Å². The molecular weight excluding hydrogens is 82.0 g/mol. The minimum atomic E-state index is 1.25. The summed E-state index contributed by atoms with van der Waals surface area (Å²) in [4.78, 5) is 9.17. The van der Waals surface area contributed by atoms with Crippen molar-refractivity contribution in [2.75, 3.05) is 7.05 Å². The van der Waals surface area contributed by atoms with Crippen molar-refractivity contribution < 1.29 is 9.68 Å². The average molecular weight is 87.1 g/mol. The van der Waals surface area contributed by atoms with E-state index in [9.17, 15) is 0 Å². The Morgan fingerprint density at radius 3 is 2.00 bits per heavy atom. The van der Waals surface area contributed by atoms with Crippen molar-refractivity contribution in [1.82, 2.24) is 5.23 Å². The molecule has 1 heterocycles. The number of hydrogen-bond acceptors (Lipinski definition) is 3. The number of nitrogens with zero attached hydrogens (tertiary/aromatic N) is 1. The first-order valence-electron chi connectivity index (χ1n) is 1.62. The molecule has 3 nitrogen and oxygen atoms in total. The molecule has 1 aliphatic heterocycles. The zero-order valence-corrected chi connectivity index (χ0v) is 3.42. The van der Waals surface area contributed by atoms with Crippen LogP contribution < -0.4 is 0 Å². The summed E-state index contributed by atoms with van der Waals surface area (Å²) in [6.45, 7) is 0. The van der Waals surface area contributed by atoms with Gasteiger partial charge in [0.1, 0.15) is 0 Å². The first-order chi connectivity index (χ1) is 2.89. The third kappa shape index (κ3) is 0.440. The summed E-state index contributed by atoms with van der Waals surface area (Å²) in [6, 6.07) is 0. The zero-order chi connectivity index (χ0) is 4.41. The molecule has 0 saturated carbocycles. The lowest BCUT2D eigenvalue weighted by atomic mass is 11.1. The monoisotopic (exact) mass is 87.0 g/mol. The van der Waals surface area contributed by atoms with E-state index in [0.717, 1.165) is 0 Å². The normalized spacial score (nSPS) is 20.2. The van der Waals surface area contributed by atoms with Crippen molar-refractivity contribution in [1.29, 1.82) is 0 Å². The molecule has 0 bridgehead atoms. The Bertz CT molecular complexity index is 63.2. The quantitative estimate of drug-likeness (QED) is 0.423. The molecule has 1 aliphatic rings. The van der Waals surface area contributed by atoms with E-state index in [4.69, 9.17) is 0 Å². The zero-order valence-electron chi connectivity index (χ0n) is 3.42. The Morgan fingerprint density at radius 1 is 1.33 bits per heavy atom. The molecule has 0 aromatic rings. The summed E-state index contributed by atoms with van der Waals surface area (Å²) < 4.78 is 0. The van der Waals surface area contributed by atoms with Crippen LogP contribution in [0.4, 0.5) is 0 Å². The predicted octanol–water partition coefficient (Wildman–Crippen LogP) is 0.266. The van der Waals surface area contributed by atoms with Crippen molar-refractivity contribution in [3.05, 3.63) is 12.5 Å². The SMILES string of the molecule is CN1OC=CO1. The van der Waals surface area contributed by atoms with Crippen LogP contribution >= 0.6 is 0 Å². The third-order valence-corrected chi connectivity index (χ3v) is 0.474. The van der Waals surface area contributed by atoms with Gasteiger partial charge in [0.2, 0.25) is 0 Å². The molecule has 0 aromatic heterocycles. The van der Waals surface area contributed by atoms with Gasteiger partial charge in [0.15, 0.2) is 12.5 Å². The highest BCUT2D eigenvalue weighted by molar-refractivity contribution is 4.60. The van der Waals surface area contributed by atoms with Crippen LogP contribution in [0.15, 0.2) is 12.5 Å². The van der Waals surface area contributed by atoms with Crippen LogP contribution in [-0.4, -0.2) is 12.3 Å². The van der Waals surface area contributed by atoms with Crippen molar-refractivity contribution >= 4 is 0 Å². The molecule has 0 spiro atoms. The van der Waals surface area contributed by atoms with Crippen LogP contribution in [0.1, 0.15) is 0 Å². The van der Waals surface area contributed by atoms with Crippen LogP contribution in [0.3, 0.4) is 0 Å². The standard InChI is InChI=1S/C3H5NO2/c1-4-5-2-3-6-4/h2-3H,1H3. The molecule has 1 rings (SSSR count). The second-order valence-electron chi connectivity index (χ2n) is 0.923. The highest BCUT2D eigenvalue weighted by Crippen LogP contribution is 1.96. The topological polar surface area (TPSA) is 21.7 Å². The van der Waals surface area contributed by atoms with Gasteiger partial charge in [0.25, 0.3) is 0 Å². The molecule has 0 radical (unpaired) electrons. The molecule has 0 N–H and O–H groups in total. The van der Waals surface area contributed by atoms with E-state index < -0.39 is 0 Å². The van der Waals surface area contributed by atoms with Crippen molar-refractivity contribution in [3.63, 3.8) is 0 Å². The minimum absolute atomic E-state index is 1.25. The summed E-state index contributed by atoms with van der Waals surface area (Å²) in [5.74, 6) is 0. The first kappa shape index (κ1) is 3.49. The van der Waals surface area contributed by atoms with E-state index in [0.29, 0.717) is 0 Å². The van der Waals surface area contributed by atoms with Gasteiger partial charge in [0, 0.05) is 5.23 Å². The van der Waals surface area contributed by atoms with Gasteiger partial charge < -0.3 is 9.68 Å². The van der Waals surface area contributed by atoms with Gasteiger partial charge in [-0.05, 0) is 0 Å². The molecule has 0 unspecified atom stereocenters. The number of hydroxylamine groups is 2. The molecule has 3 heteroatoms. The fourth-order valence-corrected chi connectivity index (χ4v) is 0.246. The highest BCUT2D eigenvalue weighted by atomic mass is 17.0. The second-order valence-corrected chi connectivity index (χ2v) is 0.923. The molecule has 0 atom stereocenters. The lowest BCUT2D eigenvalue weighted by Gasteiger charge is -2.01. The third-order valence-electron chi connectivity index (χ3n) is 0.474. The second kappa shape index (κ2) is 1.18. The van der Waals surface area contributed by atoms with E-state index >= 15 is 0 Å². The van der Waals surface area contributed by atoms with Crippen LogP contribution in [0, 0.1) is 0 Å². The van der Waals surface area contributed by atoms with Crippen LogP contribution in [-0.2, 0) is 9.68 Å². The number of hydrogen-bond donors (Lipinski definition) is 0. The maximum atomic E-state index is 4.58. The van der Waals surface area contributed by atoms with Gasteiger partial charge in [0.05, 0.1) is 7.05 Å². The summed E-state index contributed by atoms with van der Waals surface area (Å²) >= 11 is 0. The predicted molar refractivity (Wildman–Crippen MR) is 19.1 cm³/mol. The van der Waals surface area contributed by atoms with Crippen LogP contribution in [0.5, 0.6) is 0 Å². The van der Waals surface area contributed by atoms with Crippen molar-refractivity contribution in [2.45, 2.75) is 0 Å². The van der Waals surface area contributed by atoms with E-state index in [-0.39, 0.29) is 0 Å². The van der Waals surface area contributed by atoms with Crippen molar-refractivity contribution in [2.24, 2.45) is 0 Å². The Hall–Kier alpha value is -0.700. The minimum Gasteiger partial charge on any atom is -0.376 e. The van der Waals surface area contributed by atoms with Gasteiger partial charge in [-0.1, -0.05) is 0 Å². The summed E-state index contributed by atoms with van der Waals surface area (Å²) in [6.07, 6.45) is 2.92. The molecule has 0 aliphatic carbocycles. The molecule has 0 saturated heterocycles. The van der Waals surface area contributed by atoms with Crippen LogP contribution in [0.25, 0.3) is 0 Å². The van der Waals surface area contributed by atoms with Gasteiger partial charge in [-0.25, -0.2) is 0 Å². The molecule has 0 aromatic carbocycles. The molecule has 0 amide bonds. The largest absolute Gasteiger partial charge is 0.376 e. The smallest absolute Gasteiger partial charge is 0.152 e. The summed E-state index contributed by atoms with van der Waals surface area (Å²) in [5.41, 5.74) is 0. The van der Waals surface area contributed by atoms with Gasteiger partial charge in [-0.15, -0.1) is 0 Å². The Labute approximate surface area is 35.7 Å². The molecule has 34 valence electrons. The highest BCUT2D eigenvalue weighted by Gasteiger charge is 1.96. The number of rotatable bonds is 0. The van der Waals surface area contributed by atoms with E-state index in [2.05, 4.69) is 9.68 Å². The maximum Gasteiger partial charge on any atom is 0.152 e. The average Bonchev–Trinajstić information content (AvgIpc) is 1.86. The maximum absolute atomic E-state index is 4.58. The first-order valence-corrected chi connectivity index (χ1v) is 1.62. The van der Waals surface area contributed by atoms with E-state index in [1.54, 1.807) is 7.05 Å². The molecule has 6 heavy (non-hydrogen) atoms. The van der Waals surface area contributed by atoms with E-state index in [1.165, 1.54) is 17.8 Å². The Kier molecular flexibility index (Phi) is 0.686. The molecule has 0 fully saturated rings. The Balaban J connectivity index is 2.32. The summed E-state index contributed by atoms with van der Waals surface area (Å²) in [7, 11) is 1.67. The summed E-state index contributed by atoms with van der Waals surface area (Å²) in [5, 5.41) is 1.25. The van der Waals surface area contributed by atoms with Crippen molar-refractivity contribution in [3.8, 4) is 0 Å². The van der Waals surface area contributed by atoms with Gasteiger partial charge in [-0.2, -0.15) is 0 Å². The van der Waals surface area contributed by atoms with Crippen LogP contribution in [0.2, 0.25) is 0 Å². The fraction of sp³-hybridized carbons (Fsp3) is 0.333. The lowest BCUT2D eigenvalue weighted by molar-refractivity contribution is -0.265. The lowest BCUT2D eigenvalue weighted by Crippen LogP contribution is -2.06. The fourth-order valence-electron chi connectivity index (χ4n) is 0.246. The molecular formula is C3H5NO2.